The molecule has 0 heterocycles. The number of aryl methyl sites for hydroxylation is 1. The number of hydrogen-bond acceptors (Lipinski definition) is 4. The van der Waals surface area contributed by atoms with Crippen molar-refractivity contribution in [2.75, 3.05) is 6.61 Å². The van der Waals surface area contributed by atoms with Gasteiger partial charge < -0.3 is 9.47 Å². The van der Waals surface area contributed by atoms with E-state index in [1.165, 1.54) is 64.2 Å². The molecular weight excluding hydrogens is 424 g/mol. The lowest BCUT2D eigenvalue weighted by Crippen LogP contribution is -2.14. The molecule has 2 aromatic rings. The fraction of sp³-hybridized carbons (Fsp3) is 0.533. The van der Waals surface area contributed by atoms with Gasteiger partial charge in [0.1, 0.15) is 6.61 Å². The molecule has 2 aromatic carbocycles. The van der Waals surface area contributed by atoms with Gasteiger partial charge in [-0.05, 0) is 31.0 Å². The number of carbonyl (C=O) groups excluding carboxylic acids is 2. The molecule has 0 saturated carbocycles. The van der Waals surface area contributed by atoms with Crippen LogP contribution in [-0.2, 0) is 16.1 Å². The highest BCUT2D eigenvalue weighted by Gasteiger charge is 2.19. The largest absolute Gasteiger partial charge is 0.462 e. The Morgan fingerprint density at radius 2 is 1.18 bits per heavy atom. The van der Waals surface area contributed by atoms with Crippen LogP contribution in [0, 0.1) is 6.92 Å². The van der Waals surface area contributed by atoms with Crippen molar-refractivity contribution in [3.05, 3.63) is 70.8 Å². The normalized spacial score (nSPS) is 10.8. The first kappa shape index (κ1) is 27.6. The summed E-state index contributed by atoms with van der Waals surface area (Å²) in [6.45, 7) is 4.80. The molecule has 0 aliphatic carbocycles. The monoisotopic (exact) mass is 466 g/mol. The van der Waals surface area contributed by atoms with Crippen molar-refractivity contribution in [1.82, 2.24) is 0 Å². The van der Waals surface area contributed by atoms with Gasteiger partial charge in [0.25, 0.3) is 0 Å². The predicted octanol–water partition coefficient (Wildman–Crippen LogP) is 8.21. The highest BCUT2D eigenvalue weighted by molar-refractivity contribution is 6.03. The van der Waals surface area contributed by atoms with Crippen molar-refractivity contribution < 1.29 is 19.1 Å². The van der Waals surface area contributed by atoms with Gasteiger partial charge in [-0.15, -0.1) is 0 Å². The summed E-state index contributed by atoms with van der Waals surface area (Å²) >= 11 is 0. The number of rotatable bonds is 17. The summed E-state index contributed by atoms with van der Waals surface area (Å²) in [6, 6.07) is 14.5. The summed E-state index contributed by atoms with van der Waals surface area (Å²) in [4.78, 5) is 25.1. The number of unbranched alkanes of at least 4 members (excludes halogenated alkanes) is 11. The van der Waals surface area contributed by atoms with Gasteiger partial charge in [0, 0.05) is 0 Å². The van der Waals surface area contributed by atoms with E-state index in [9.17, 15) is 9.59 Å². The van der Waals surface area contributed by atoms with E-state index in [4.69, 9.17) is 9.47 Å². The lowest BCUT2D eigenvalue weighted by molar-refractivity contribution is 0.0436. The van der Waals surface area contributed by atoms with Crippen molar-refractivity contribution >= 4 is 11.9 Å². The third-order valence-corrected chi connectivity index (χ3v) is 6.05. The Balaban J connectivity index is 1.62. The van der Waals surface area contributed by atoms with Crippen LogP contribution in [0.25, 0.3) is 0 Å². The maximum absolute atomic E-state index is 12.6. The Hall–Kier alpha value is -2.62. The highest BCUT2D eigenvalue weighted by atomic mass is 16.5. The molecule has 0 spiro atoms. The zero-order valence-corrected chi connectivity index (χ0v) is 21.2. The molecule has 0 fully saturated rings. The van der Waals surface area contributed by atoms with Gasteiger partial charge in [-0.3, -0.25) is 0 Å². The Labute approximate surface area is 206 Å². The van der Waals surface area contributed by atoms with Gasteiger partial charge in [-0.25, -0.2) is 9.59 Å². The average Bonchev–Trinajstić information content (AvgIpc) is 2.85. The van der Waals surface area contributed by atoms with Crippen LogP contribution in [-0.4, -0.2) is 18.5 Å². The maximum atomic E-state index is 12.6. The topological polar surface area (TPSA) is 52.6 Å². The molecule has 4 nitrogen and oxygen atoms in total. The number of hydrogen-bond donors (Lipinski definition) is 0. The summed E-state index contributed by atoms with van der Waals surface area (Å²) in [5.41, 5.74) is 2.53. The lowest BCUT2D eigenvalue weighted by atomic mass is 10.1. The summed E-state index contributed by atoms with van der Waals surface area (Å²) in [7, 11) is 0. The molecule has 0 aliphatic heterocycles. The molecule has 34 heavy (non-hydrogen) atoms. The van der Waals surface area contributed by atoms with Crippen LogP contribution in [0.4, 0.5) is 0 Å². The van der Waals surface area contributed by atoms with Crippen molar-refractivity contribution in [2.24, 2.45) is 0 Å². The summed E-state index contributed by atoms with van der Waals surface area (Å²) in [6.07, 6.45) is 15.1. The van der Waals surface area contributed by atoms with Gasteiger partial charge in [0.2, 0.25) is 0 Å². The minimum absolute atomic E-state index is 0.169. The van der Waals surface area contributed by atoms with Crippen molar-refractivity contribution in [3.63, 3.8) is 0 Å². The van der Waals surface area contributed by atoms with Gasteiger partial charge in [0.05, 0.1) is 17.7 Å². The maximum Gasteiger partial charge on any atom is 0.339 e. The molecule has 0 N–H and O–H groups in total. The van der Waals surface area contributed by atoms with E-state index in [1.807, 2.05) is 31.2 Å². The fourth-order valence-corrected chi connectivity index (χ4v) is 4.05. The third kappa shape index (κ3) is 11.0. The Kier molecular flexibility index (Phi) is 13.7. The summed E-state index contributed by atoms with van der Waals surface area (Å²) < 4.78 is 10.9. The SMILES string of the molecule is CCCCCCCCCCCCCCOC(=O)c1ccccc1C(=O)OCc1cccc(C)c1. The molecular formula is C30H42O4. The molecule has 0 saturated heterocycles. The first-order valence-corrected chi connectivity index (χ1v) is 13.1. The van der Waals surface area contributed by atoms with Gasteiger partial charge in [-0.2, -0.15) is 0 Å². The fourth-order valence-electron chi connectivity index (χ4n) is 4.05. The van der Waals surface area contributed by atoms with E-state index < -0.39 is 11.9 Å². The molecule has 0 unspecified atom stereocenters. The molecule has 0 atom stereocenters. The Morgan fingerprint density at radius 1 is 0.647 bits per heavy atom. The molecule has 186 valence electrons. The van der Waals surface area contributed by atoms with E-state index >= 15 is 0 Å². The lowest BCUT2D eigenvalue weighted by Gasteiger charge is -2.10. The standard InChI is InChI=1S/C30H42O4/c1-3-4-5-6-7-8-9-10-11-12-13-16-22-33-29(31)27-20-14-15-21-28(27)30(32)34-24-26-19-17-18-25(2)23-26/h14-15,17-21,23H,3-13,16,22,24H2,1-2H3. The van der Waals surface area contributed by atoms with Gasteiger partial charge >= 0.3 is 11.9 Å². The van der Waals surface area contributed by atoms with E-state index in [2.05, 4.69) is 6.92 Å². The van der Waals surface area contributed by atoms with Crippen LogP contribution in [0.3, 0.4) is 0 Å². The zero-order valence-electron chi connectivity index (χ0n) is 21.2. The first-order valence-electron chi connectivity index (χ1n) is 13.1. The Bertz CT molecular complexity index is 858. The van der Waals surface area contributed by atoms with Crippen LogP contribution in [0.5, 0.6) is 0 Å². The quantitative estimate of drug-likeness (QED) is 0.174. The molecule has 0 radical (unpaired) electrons. The van der Waals surface area contributed by atoms with E-state index in [0.717, 1.165) is 24.0 Å². The van der Waals surface area contributed by atoms with Crippen LogP contribution >= 0.6 is 0 Å². The van der Waals surface area contributed by atoms with Crippen LogP contribution in [0.2, 0.25) is 0 Å². The summed E-state index contributed by atoms with van der Waals surface area (Å²) in [5, 5.41) is 0. The van der Waals surface area contributed by atoms with Gasteiger partial charge in [-0.1, -0.05) is 120 Å². The Morgan fingerprint density at radius 3 is 1.74 bits per heavy atom. The molecule has 2 rings (SSSR count). The zero-order chi connectivity index (χ0) is 24.4. The number of esters is 2. The van der Waals surface area contributed by atoms with Crippen molar-refractivity contribution in [2.45, 2.75) is 97.5 Å². The molecule has 0 bridgehead atoms. The smallest absolute Gasteiger partial charge is 0.339 e. The van der Waals surface area contributed by atoms with E-state index in [1.54, 1.807) is 24.3 Å². The average molecular weight is 467 g/mol. The molecule has 4 heteroatoms. The van der Waals surface area contributed by atoms with E-state index in [-0.39, 0.29) is 17.7 Å². The van der Waals surface area contributed by atoms with Crippen LogP contribution in [0.15, 0.2) is 48.5 Å². The van der Waals surface area contributed by atoms with E-state index in [0.29, 0.717) is 6.61 Å². The van der Waals surface area contributed by atoms with Gasteiger partial charge in [0.15, 0.2) is 0 Å². The second kappa shape index (κ2) is 16.9. The number of carbonyl (C=O) groups is 2. The molecule has 0 amide bonds. The second-order valence-corrected chi connectivity index (χ2v) is 9.14. The molecule has 0 aromatic heterocycles. The number of benzene rings is 2. The minimum Gasteiger partial charge on any atom is -0.462 e. The first-order chi connectivity index (χ1) is 16.6. The van der Waals surface area contributed by atoms with Crippen molar-refractivity contribution in [1.29, 1.82) is 0 Å². The second-order valence-electron chi connectivity index (χ2n) is 9.14. The minimum atomic E-state index is -0.514. The highest BCUT2D eigenvalue weighted by Crippen LogP contribution is 2.15. The van der Waals surface area contributed by atoms with Crippen LogP contribution < -0.4 is 0 Å². The summed E-state index contributed by atoms with van der Waals surface area (Å²) in [5.74, 6) is -0.981. The third-order valence-electron chi connectivity index (χ3n) is 6.05. The predicted molar refractivity (Wildman–Crippen MR) is 138 cm³/mol. The molecule has 0 aliphatic rings. The number of ether oxygens (including phenoxy) is 2. The van der Waals surface area contributed by atoms with Crippen LogP contribution in [0.1, 0.15) is 116 Å². The van der Waals surface area contributed by atoms with Crippen molar-refractivity contribution in [3.8, 4) is 0 Å².